The Hall–Kier alpha value is -1.85. The van der Waals surface area contributed by atoms with Crippen molar-refractivity contribution in [3.8, 4) is 5.75 Å². The zero-order valence-corrected chi connectivity index (χ0v) is 12.2. The molecule has 0 amide bonds. The van der Waals surface area contributed by atoms with E-state index < -0.39 is 5.82 Å². The molecule has 2 aromatic rings. The topological polar surface area (TPSA) is 47.3 Å². The Balaban J connectivity index is 2.45. The standard InChI is InChI=1S/C14H12ClFN2OS/c1-19-9-3-4-10(14(17)20)12(7-9)18-13-6-8(16)2-5-11(13)15/h2-7,18H,1H3,(H2,17,20). The normalized spacial score (nSPS) is 10.2. The Bertz CT molecular complexity index is 664. The third-order valence-corrected chi connectivity index (χ3v) is 3.24. The van der Waals surface area contributed by atoms with Gasteiger partial charge in [0.05, 0.1) is 23.5 Å². The van der Waals surface area contributed by atoms with Crippen LogP contribution >= 0.6 is 23.8 Å². The Labute approximate surface area is 126 Å². The summed E-state index contributed by atoms with van der Waals surface area (Å²) in [5.41, 5.74) is 7.33. The molecule has 0 saturated carbocycles. The van der Waals surface area contributed by atoms with E-state index in [2.05, 4.69) is 5.32 Å². The van der Waals surface area contributed by atoms with Gasteiger partial charge in [-0.3, -0.25) is 0 Å². The Morgan fingerprint density at radius 3 is 2.65 bits per heavy atom. The molecule has 0 atom stereocenters. The second kappa shape index (κ2) is 6.07. The van der Waals surface area contributed by atoms with Crippen molar-refractivity contribution in [2.45, 2.75) is 0 Å². The van der Waals surface area contributed by atoms with Gasteiger partial charge in [0.1, 0.15) is 16.6 Å². The van der Waals surface area contributed by atoms with Crippen LogP contribution in [0.15, 0.2) is 36.4 Å². The lowest BCUT2D eigenvalue weighted by Crippen LogP contribution is -2.12. The van der Waals surface area contributed by atoms with Gasteiger partial charge >= 0.3 is 0 Å². The first-order valence-electron chi connectivity index (χ1n) is 5.71. The summed E-state index contributed by atoms with van der Waals surface area (Å²) in [5.74, 6) is 0.233. The molecule has 6 heteroatoms. The van der Waals surface area contributed by atoms with Crippen molar-refractivity contribution in [3.05, 3.63) is 52.8 Å². The van der Waals surface area contributed by atoms with Crippen LogP contribution in [0.5, 0.6) is 5.75 Å². The van der Waals surface area contributed by atoms with E-state index in [9.17, 15) is 4.39 Å². The number of hydrogen-bond acceptors (Lipinski definition) is 3. The maximum Gasteiger partial charge on any atom is 0.125 e. The predicted molar refractivity (Wildman–Crippen MR) is 83.6 cm³/mol. The van der Waals surface area contributed by atoms with Gasteiger partial charge in [0.2, 0.25) is 0 Å². The van der Waals surface area contributed by atoms with Crippen LogP contribution in [0.4, 0.5) is 15.8 Å². The fourth-order valence-corrected chi connectivity index (χ4v) is 2.05. The lowest BCUT2D eigenvalue weighted by molar-refractivity contribution is 0.415. The SMILES string of the molecule is COc1ccc(C(N)=S)c(Nc2cc(F)ccc2Cl)c1. The molecule has 2 rings (SSSR count). The van der Waals surface area contributed by atoms with E-state index in [-0.39, 0.29) is 4.99 Å². The number of anilines is 2. The van der Waals surface area contributed by atoms with Gasteiger partial charge in [-0.1, -0.05) is 23.8 Å². The van der Waals surface area contributed by atoms with E-state index in [1.165, 1.54) is 18.2 Å². The van der Waals surface area contributed by atoms with E-state index in [1.54, 1.807) is 25.3 Å². The minimum Gasteiger partial charge on any atom is -0.497 e. The number of nitrogens with two attached hydrogens (primary N) is 1. The largest absolute Gasteiger partial charge is 0.497 e. The highest BCUT2D eigenvalue weighted by Gasteiger charge is 2.10. The first-order valence-corrected chi connectivity index (χ1v) is 6.50. The molecule has 3 nitrogen and oxygen atoms in total. The molecule has 0 aliphatic carbocycles. The molecule has 0 fully saturated rings. The molecule has 0 heterocycles. The number of thiocarbonyl (C=S) groups is 1. The van der Waals surface area contributed by atoms with Gasteiger partial charge in [-0.15, -0.1) is 0 Å². The maximum atomic E-state index is 13.3. The fourth-order valence-electron chi connectivity index (χ4n) is 1.71. The van der Waals surface area contributed by atoms with Crippen LogP contribution in [0.2, 0.25) is 5.02 Å². The molecule has 0 aromatic heterocycles. The lowest BCUT2D eigenvalue weighted by atomic mass is 10.1. The van der Waals surface area contributed by atoms with Crippen molar-refractivity contribution in [1.82, 2.24) is 0 Å². The van der Waals surface area contributed by atoms with Crippen LogP contribution in [0.25, 0.3) is 0 Å². The van der Waals surface area contributed by atoms with Gasteiger partial charge in [0.25, 0.3) is 0 Å². The van der Waals surface area contributed by atoms with Gasteiger partial charge in [0.15, 0.2) is 0 Å². The third-order valence-electron chi connectivity index (χ3n) is 2.69. The second-order valence-electron chi connectivity index (χ2n) is 4.02. The molecule has 0 aliphatic heterocycles. The van der Waals surface area contributed by atoms with E-state index in [0.717, 1.165) is 0 Å². The van der Waals surface area contributed by atoms with E-state index in [1.807, 2.05) is 0 Å². The van der Waals surface area contributed by atoms with Crippen molar-refractivity contribution in [3.63, 3.8) is 0 Å². The zero-order chi connectivity index (χ0) is 14.7. The van der Waals surface area contributed by atoms with E-state index in [0.29, 0.717) is 27.7 Å². The number of nitrogens with one attached hydrogen (secondary N) is 1. The molecule has 0 unspecified atom stereocenters. The van der Waals surface area contributed by atoms with Crippen LogP contribution in [0, 0.1) is 5.82 Å². The monoisotopic (exact) mass is 310 g/mol. The summed E-state index contributed by atoms with van der Waals surface area (Å²) in [7, 11) is 1.55. The molecule has 104 valence electrons. The molecular formula is C14H12ClFN2OS. The van der Waals surface area contributed by atoms with Crippen molar-refractivity contribution in [2.75, 3.05) is 12.4 Å². The van der Waals surface area contributed by atoms with E-state index >= 15 is 0 Å². The molecular weight excluding hydrogens is 299 g/mol. The average Bonchev–Trinajstić information content (AvgIpc) is 2.42. The zero-order valence-electron chi connectivity index (χ0n) is 10.6. The molecule has 0 aliphatic rings. The Kier molecular flexibility index (Phi) is 4.42. The van der Waals surface area contributed by atoms with E-state index in [4.69, 9.17) is 34.3 Å². The maximum absolute atomic E-state index is 13.3. The molecule has 0 radical (unpaired) electrons. The minimum atomic E-state index is -0.392. The molecule has 0 spiro atoms. The van der Waals surface area contributed by atoms with Gasteiger partial charge in [-0.25, -0.2) is 4.39 Å². The number of halogens is 2. The van der Waals surface area contributed by atoms with Crippen LogP contribution in [-0.2, 0) is 0 Å². The number of methoxy groups -OCH3 is 1. The molecule has 2 aromatic carbocycles. The predicted octanol–water partition coefficient (Wildman–Crippen LogP) is 3.87. The fraction of sp³-hybridized carbons (Fsp3) is 0.0714. The summed E-state index contributed by atoms with van der Waals surface area (Å²) in [6, 6.07) is 9.25. The van der Waals surface area contributed by atoms with Crippen molar-refractivity contribution in [1.29, 1.82) is 0 Å². The Morgan fingerprint density at radius 2 is 2.00 bits per heavy atom. The van der Waals surface area contributed by atoms with Crippen molar-refractivity contribution in [2.24, 2.45) is 5.73 Å². The molecule has 0 saturated heterocycles. The molecule has 20 heavy (non-hydrogen) atoms. The van der Waals surface area contributed by atoms with Crippen LogP contribution < -0.4 is 15.8 Å². The van der Waals surface area contributed by atoms with Gasteiger partial charge in [0, 0.05) is 11.6 Å². The highest BCUT2D eigenvalue weighted by Crippen LogP contribution is 2.30. The lowest BCUT2D eigenvalue weighted by Gasteiger charge is -2.14. The van der Waals surface area contributed by atoms with Crippen molar-refractivity contribution < 1.29 is 9.13 Å². The number of ether oxygens (including phenoxy) is 1. The third kappa shape index (κ3) is 3.18. The Morgan fingerprint density at radius 1 is 1.25 bits per heavy atom. The summed E-state index contributed by atoms with van der Waals surface area (Å²) in [4.78, 5) is 0.225. The highest BCUT2D eigenvalue weighted by atomic mass is 35.5. The van der Waals surface area contributed by atoms with Crippen LogP contribution in [0.1, 0.15) is 5.56 Å². The molecule has 0 bridgehead atoms. The summed E-state index contributed by atoms with van der Waals surface area (Å²) in [6.07, 6.45) is 0. The molecule has 3 N–H and O–H groups in total. The summed E-state index contributed by atoms with van der Waals surface area (Å²) in [5, 5.41) is 3.41. The smallest absolute Gasteiger partial charge is 0.125 e. The van der Waals surface area contributed by atoms with Crippen LogP contribution in [-0.4, -0.2) is 12.1 Å². The van der Waals surface area contributed by atoms with Gasteiger partial charge in [-0.05, 0) is 30.3 Å². The summed E-state index contributed by atoms with van der Waals surface area (Å²) in [6.45, 7) is 0. The van der Waals surface area contributed by atoms with Crippen LogP contribution in [0.3, 0.4) is 0 Å². The minimum absolute atomic E-state index is 0.225. The number of rotatable bonds is 4. The first kappa shape index (κ1) is 14.6. The average molecular weight is 311 g/mol. The first-order chi connectivity index (χ1) is 9.51. The number of hydrogen-bond donors (Lipinski definition) is 2. The summed E-state index contributed by atoms with van der Waals surface area (Å²) >= 11 is 11.0. The quantitative estimate of drug-likeness (QED) is 0.842. The highest BCUT2D eigenvalue weighted by molar-refractivity contribution is 7.80. The van der Waals surface area contributed by atoms with Gasteiger partial charge in [-0.2, -0.15) is 0 Å². The van der Waals surface area contributed by atoms with Crippen molar-refractivity contribution >= 4 is 40.2 Å². The second-order valence-corrected chi connectivity index (χ2v) is 4.87. The van der Waals surface area contributed by atoms with Gasteiger partial charge < -0.3 is 15.8 Å². The summed E-state index contributed by atoms with van der Waals surface area (Å²) < 4.78 is 18.4. The number of benzene rings is 2.